The van der Waals surface area contributed by atoms with Gasteiger partial charge in [0.15, 0.2) is 6.10 Å². The highest BCUT2D eigenvalue weighted by atomic mass is 35.5. The van der Waals surface area contributed by atoms with E-state index < -0.39 is 28.0 Å². The molecule has 0 bridgehead atoms. The molecule has 0 aliphatic carbocycles. The molecule has 182 valence electrons. The predicted octanol–water partition coefficient (Wildman–Crippen LogP) is 2.50. The van der Waals surface area contributed by atoms with Gasteiger partial charge >= 0.3 is 5.97 Å². The number of sulfonamides is 1. The van der Waals surface area contributed by atoms with E-state index in [1.807, 2.05) is 0 Å². The summed E-state index contributed by atoms with van der Waals surface area (Å²) in [6.45, 7) is 3.66. The number of hydrogen-bond donors (Lipinski definition) is 2. The average molecular weight is 510 g/mol. The number of carbonyl (C=O) groups excluding carboxylic acids is 3. The van der Waals surface area contributed by atoms with Crippen LogP contribution in [0.25, 0.3) is 0 Å². The van der Waals surface area contributed by atoms with Crippen molar-refractivity contribution < 1.29 is 32.3 Å². The largest absolute Gasteiger partial charge is 0.449 e. The van der Waals surface area contributed by atoms with Crippen molar-refractivity contribution in [3.63, 3.8) is 0 Å². The van der Waals surface area contributed by atoms with Gasteiger partial charge in [0.05, 0.1) is 23.8 Å². The monoisotopic (exact) mass is 509 g/mol. The molecule has 2 aromatic carbocycles. The zero-order valence-corrected chi connectivity index (χ0v) is 20.1. The first-order valence-corrected chi connectivity index (χ1v) is 12.2. The van der Waals surface area contributed by atoms with Crippen molar-refractivity contribution in [3.05, 3.63) is 53.1 Å². The second-order valence-electron chi connectivity index (χ2n) is 7.46. The molecule has 1 unspecified atom stereocenters. The average Bonchev–Trinajstić information content (AvgIpc) is 2.80. The molecule has 1 aliphatic rings. The molecule has 1 atom stereocenters. The number of halogens is 1. The highest BCUT2D eigenvalue weighted by Gasteiger charge is 2.29. The van der Waals surface area contributed by atoms with E-state index >= 15 is 0 Å². The Kier molecular flexibility index (Phi) is 8.26. The fourth-order valence-corrected chi connectivity index (χ4v) is 5.03. The van der Waals surface area contributed by atoms with Gasteiger partial charge in [-0.15, -0.1) is 0 Å². The van der Waals surface area contributed by atoms with E-state index in [2.05, 4.69) is 10.6 Å². The van der Waals surface area contributed by atoms with Crippen molar-refractivity contribution in [3.8, 4) is 0 Å². The van der Waals surface area contributed by atoms with Crippen LogP contribution < -0.4 is 10.6 Å². The zero-order chi connectivity index (χ0) is 24.9. The Labute approximate surface area is 202 Å². The Morgan fingerprint density at radius 3 is 2.21 bits per heavy atom. The van der Waals surface area contributed by atoms with Gasteiger partial charge in [-0.2, -0.15) is 4.31 Å². The van der Waals surface area contributed by atoms with Crippen LogP contribution in [-0.4, -0.2) is 62.9 Å². The van der Waals surface area contributed by atoms with E-state index in [0.29, 0.717) is 11.4 Å². The second kappa shape index (κ2) is 11.0. The summed E-state index contributed by atoms with van der Waals surface area (Å²) in [4.78, 5) is 35.9. The van der Waals surface area contributed by atoms with Gasteiger partial charge in [-0.25, -0.2) is 13.2 Å². The van der Waals surface area contributed by atoms with Gasteiger partial charge in [0.2, 0.25) is 15.9 Å². The molecule has 34 heavy (non-hydrogen) atoms. The first-order valence-electron chi connectivity index (χ1n) is 10.3. The van der Waals surface area contributed by atoms with E-state index in [4.69, 9.17) is 21.1 Å². The molecule has 3 rings (SSSR count). The van der Waals surface area contributed by atoms with Gasteiger partial charge in [-0.3, -0.25) is 9.59 Å². The topological polar surface area (TPSA) is 131 Å². The van der Waals surface area contributed by atoms with Crippen LogP contribution in [-0.2, 0) is 29.1 Å². The lowest BCUT2D eigenvalue weighted by Gasteiger charge is -2.26. The molecule has 1 aliphatic heterocycles. The summed E-state index contributed by atoms with van der Waals surface area (Å²) >= 11 is 6.11. The standard InChI is InChI=1S/C22H24ClN3O7S/c1-14(21(28)25-18-6-4-17(5-7-18)24-15(2)27)33-22(29)16-3-8-19(23)20(13-16)34(30,31)26-9-11-32-12-10-26/h3-8,13-14H,9-12H2,1-2H3,(H,24,27)(H,25,28). The quantitative estimate of drug-likeness (QED) is 0.548. The SMILES string of the molecule is CC(=O)Nc1ccc(NC(=O)C(C)OC(=O)c2ccc(Cl)c(S(=O)(=O)N3CCOCC3)c2)cc1. The molecule has 2 N–H and O–H groups in total. The van der Waals surface area contributed by atoms with Gasteiger partial charge in [0.25, 0.3) is 5.91 Å². The lowest BCUT2D eigenvalue weighted by Crippen LogP contribution is -2.40. The minimum atomic E-state index is -3.94. The molecule has 2 amide bonds. The Bertz CT molecular complexity index is 1180. The van der Waals surface area contributed by atoms with Crippen molar-refractivity contribution in [1.82, 2.24) is 4.31 Å². The Balaban J connectivity index is 1.67. The third-order valence-electron chi connectivity index (χ3n) is 4.88. The number of anilines is 2. The van der Waals surface area contributed by atoms with Gasteiger partial charge in [-0.05, 0) is 49.4 Å². The number of carbonyl (C=O) groups is 3. The van der Waals surface area contributed by atoms with Gasteiger partial charge in [0.1, 0.15) is 4.90 Å². The molecule has 0 spiro atoms. The van der Waals surface area contributed by atoms with E-state index in [1.165, 1.54) is 30.3 Å². The molecule has 2 aromatic rings. The van der Waals surface area contributed by atoms with Crippen LogP contribution in [0.3, 0.4) is 0 Å². The summed E-state index contributed by atoms with van der Waals surface area (Å²) in [7, 11) is -3.94. The number of rotatable bonds is 7. The predicted molar refractivity (Wildman–Crippen MR) is 125 cm³/mol. The van der Waals surface area contributed by atoms with E-state index in [9.17, 15) is 22.8 Å². The fraction of sp³-hybridized carbons (Fsp3) is 0.318. The van der Waals surface area contributed by atoms with Gasteiger partial charge < -0.3 is 20.1 Å². The number of hydrogen-bond acceptors (Lipinski definition) is 7. The number of ether oxygens (including phenoxy) is 2. The summed E-state index contributed by atoms with van der Waals surface area (Å²) in [5.41, 5.74) is 0.943. The number of nitrogens with one attached hydrogen (secondary N) is 2. The Morgan fingerprint density at radius 2 is 1.62 bits per heavy atom. The fourth-order valence-electron chi connectivity index (χ4n) is 3.12. The van der Waals surface area contributed by atoms with Crippen molar-refractivity contribution in [1.29, 1.82) is 0 Å². The zero-order valence-electron chi connectivity index (χ0n) is 18.5. The second-order valence-corrected chi connectivity index (χ2v) is 9.77. The molecule has 12 heteroatoms. The summed E-state index contributed by atoms with van der Waals surface area (Å²) in [6.07, 6.45) is -1.17. The number of esters is 1. The molecule has 1 fully saturated rings. The molecule has 0 saturated carbocycles. The Morgan fingerprint density at radius 1 is 1.03 bits per heavy atom. The molecular weight excluding hydrogens is 486 g/mol. The van der Waals surface area contributed by atoms with Crippen LogP contribution in [0.4, 0.5) is 11.4 Å². The van der Waals surface area contributed by atoms with E-state index in [-0.39, 0.29) is 47.7 Å². The molecule has 10 nitrogen and oxygen atoms in total. The molecule has 0 radical (unpaired) electrons. The van der Waals surface area contributed by atoms with Crippen molar-refractivity contribution in [2.75, 3.05) is 36.9 Å². The maximum Gasteiger partial charge on any atom is 0.338 e. The minimum absolute atomic E-state index is 0.0310. The van der Waals surface area contributed by atoms with Crippen LogP contribution in [0.1, 0.15) is 24.2 Å². The molecule has 1 saturated heterocycles. The van der Waals surface area contributed by atoms with Gasteiger partial charge in [-0.1, -0.05) is 11.6 Å². The summed E-state index contributed by atoms with van der Waals surface area (Å²) in [5, 5.41) is 5.18. The molecular formula is C22H24ClN3O7S. The van der Waals surface area contributed by atoms with Crippen molar-refractivity contribution in [2.45, 2.75) is 24.8 Å². The highest BCUT2D eigenvalue weighted by molar-refractivity contribution is 7.89. The summed E-state index contributed by atoms with van der Waals surface area (Å²) < 4.78 is 37.5. The lowest BCUT2D eigenvalue weighted by atomic mass is 10.2. The third kappa shape index (κ3) is 6.32. The number of morpholine rings is 1. The summed E-state index contributed by atoms with van der Waals surface area (Å²) in [5.74, 6) is -1.69. The number of nitrogens with zero attached hydrogens (tertiary/aromatic N) is 1. The van der Waals surface area contributed by atoms with E-state index in [0.717, 1.165) is 6.07 Å². The van der Waals surface area contributed by atoms with Crippen LogP contribution in [0.15, 0.2) is 47.4 Å². The maximum atomic E-state index is 12.9. The van der Waals surface area contributed by atoms with Crippen LogP contribution in [0.2, 0.25) is 5.02 Å². The maximum absolute atomic E-state index is 12.9. The smallest absolute Gasteiger partial charge is 0.338 e. The van der Waals surface area contributed by atoms with E-state index in [1.54, 1.807) is 24.3 Å². The first-order chi connectivity index (χ1) is 16.1. The summed E-state index contributed by atoms with van der Waals surface area (Å²) in [6, 6.07) is 10.1. The number of benzene rings is 2. The third-order valence-corrected chi connectivity index (χ3v) is 7.26. The first kappa shape index (κ1) is 25.6. The van der Waals surface area contributed by atoms with Crippen LogP contribution in [0, 0.1) is 0 Å². The van der Waals surface area contributed by atoms with Crippen molar-refractivity contribution >= 4 is 50.8 Å². The van der Waals surface area contributed by atoms with Crippen LogP contribution in [0.5, 0.6) is 0 Å². The Hall–Kier alpha value is -2.99. The highest BCUT2D eigenvalue weighted by Crippen LogP contribution is 2.27. The lowest BCUT2D eigenvalue weighted by molar-refractivity contribution is -0.123. The molecule has 1 heterocycles. The normalized spacial score (nSPS) is 15.3. The van der Waals surface area contributed by atoms with Crippen molar-refractivity contribution in [2.24, 2.45) is 0 Å². The van der Waals surface area contributed by atoms with Crippen LogP contribution >= 0.6 is 11.6 Å². The molecule has 0 aromatic heterocycles. The number of amides is 2. The minimum Gasteiger partial charge on any atom is -0.449 e. The van der Waals surface area contributed by atoms with Gasteiger partial charge in [0, 0.05) is 31.4 Å².